The number of allylic oxidation sites excluding steroid dienone is 4. The Balaban J connectivity index is 1.93. The summed E-state index contributed by atoms with van der Waals surface area (Å²) in [5.74, 6) is 0. The van der Waals surface area contributed by atoms with Crippen LogP contribution in [0.2, 0.25) is 0 Å². The molecule has 1 aliphatic rings. The molecule has 0 saturated heterocycles. The van der Waals surface area contributed by atoms with E-state index in [1.54, 1.807) is 0 Å². The van der Waals surface area contributed by atoms with Crippen LogP contribution in [0.3, 0.4) is 0 Å². The largest absolute Gasteiger partial charge is 0.411 e. The Hall–Kier alpha value is -2.68. The van der Waals surface area contributed by atoms with Gasteiger partial charge in [0.25, 0.3) is 0 Å². The zero-order valence-electron chi connectivity index (χ0n) is 14.8. The molecule has 2 aromatic rings. The van der Waals surface area contributed by atoms with Gasteiger partial charge in [-0.1, -0.05) is 53.7 Å². The van der Waals surface area contributed by atoms with Gasteiger partial charge in [-0.15, -0.1) is 0 Å². The summed E-state index contributed by atoms with van der Waals surface area (Å²) in [6, 6.07) is 12.5. The van der Waals surface area contributed by atoms with Crippen molar-refractivity contribution < 1.29 is 5.21 Å². The summed E-state index contributed by atoms with van der Waals surface area (Å²) in [5.41, 5.74) is 5.05. The van der Waals surface area contributed by atoms with Crippen LogP contribution in [0.1, 0.15) is 35.2 Å². The number of oxime groups is 1. The molecule has 0 amide bonds. The van der Waals surface area contributed by atoms with Gasteiger partial charge in [-0.05, 0) is 61.9 Å². The van der Waals surface area contributed by atoms with E-state index in [1.165, 1.54) is 11.1 Å². The highest BCUT2D eigenvalue weighted by Crippen LogP contribution is 2.36. The van der Waals surface area contributed by atoms with E-state index < -0.39 is 5.41 Å². The van der Waals surface area contributed by atoms with E-state index in [4.69, 9.17) is 0 Å². The fraction of sp³-hybridized carbons (Fsp3) is 0.273. The molecule has 128 valence electrons. The zero-order valence-corrected chi connectivity index (χ0v) is 14.8. The van der Waals surface area contributed by atoms with Crippen molar-refractivity contribution in [3.05, 3.63) is 89.3 Å². The van der Waals surface area contributed by atoms with Crippen molar-refractivity contribution in [2.75, 3.05) is 0 Å². The van der Waals surface area contributed by atoms with Crippen LogP contribution in [-0.2, 0) is 11.8 Å². The smallest absolute Gasteiger partial charge is 0.0720 e. The Morgan fingerprint density at radius 2 is 2.04 bits per heavy atom. The molecule has 1 heterocycles. The summed E-state index contributed by atoms with van der Waals surface area (Å²) in [6.45, 7) is 4.11. The fourth-order valence-corrected chi connectivity index (χ4v) is 3.54. The summed E-state index contributed by atoms with van der Waals surface area (Å²) in [4.78, 5) is 4.31. The highest BCUT2D eigenvalue weighted by molar-refractivity contribution is 5.97. The molecular weight excluding hydrogens is 308 g/mol. The van der Waals surface area contributed by atoms with Crippen LogP contribution < -0.4 is 0 Å². The first-order chi connectivity index (χ1) is 12.2. The van der Waals surface area contributed by atoms with Gasteiger partial charge in [-0.25, -0.2) is 0 Å². The number of benzene rings is 1. The van der Waals surface area contributed by atoms with E-state index in [0.29, 0.717) is 6.42 Å². The SMILES string of the molecule is Cc1cc([C@]2(/C(CCc3ccccc3C)=N/O)C=CC=CC2)ccn1. The van der Waals surface area contributed by atoms with Crippen LogP contribution in [0.4, 0.5) is 0 Å². The molecule has 25 heavy (non-hydrogen) atoms. The molecule has 1 aliphatic carbocycles. The molecule has 0 aliphatic heterocycles. The number of hydrogen-bond acceptors (Lipinski definition) is 3. The normalized spacial score (nSPS) is 20.0. The molecule has 1 atom stereocenters. The topological polar surface area (TPSA) is 45.5 Å². The lowest BCUT2D eigenvalue weighted by Gasteiger charge is -2.33. The number of rotatable bonds is 5. The number of aromatic nitrogens is 1. The molecule has 1 aromatic heterocycles. The van der Waals surface area contributed by atoms with Crippen molar-refractivity contribution in [1.29, 1.82) is 0 Å². The van der Waals surface area contributed by atoms with Gasteiger partial charge in [-0.2, -0.15) is 0 Å². The van der Waals surface area contributed by atoms with E-state index in [1.807, 2.05) is 31.3 Å². The Labute approximate surface area is 149 Å². The van der Waals surface area contributed by atoms with Crippen LogP contribution in [0, 0.1) is 13.8 Å². The third-order valence-electron chi connectivity index (χ3n) is 5.01. The van der Waals surface area contributed by atoms with Gasteiger partial charge in [-0.3, -0.25) is 4.98 Å². The zero-order chi connectivity index (χ0) is 17.7. The van der Waals surface area contributed by atoms with Gasteiger partial charge in [0, 0.05) is 11.9 Å². The van der Waals surface area contributed by atoms with Crippen molar-refractivity contribution in [2.24, 2.45) is 5.16 Å². The summed E-state index contributed by atoms with van der Waals surface area (Å²) in [6.07, 6.45) is 12.6. The molecule has 0 bridgehead atoms. The lowest BCUT2D eigenvalue weighted by atomic mass is 9.70. The summed E-state index contributed by atoms with van der Waals surface area (Å²) in [7, 11) is 0. The fourth-order valence-electron chi connectivity index (χ4n) is 3.54. The highest BCUT2D eigenvalue weighted by atomic mass is 16.4. The molecule has 3 heteroatoms. The quantitative estimate of drug-likeness (QED) is 0.480. The molecule has 0 radical (unpaired) electrons. The summed E-state index contributed by atoms with van der Waals surface area (Å²) in [5, 5.41) is 13.6. The predicted molar refractivity (Wildman–Crippen MR) is 102 cm³/mol. The molecule has 3 nitrogen and oxygen atoms in total. The molecular formula is C22H24N2O. The lowest BCUT2D eigenvalue weighted by molar-refractivity contribution is 0.312. The average molecular weight is 332 g/mol. The monoisotopic (exact) mass is 332 g/mol. The first-order valence-corrected chi connectivity index (χ1v) is 8.69. The first-order valence-electron chi connectivity index (χ1n) is 8.69. The molecule has 0 saturated carbocycles. The minimum atomic E-state index is -0.403. The van der Waals surface area contributed by atoms with Gasteiger partial charge in [0.1, 0.15) is 0 Å². The second-order valence-electron chi connectivity index (χ2n) is 6.62. The van der Waals surface area contributed by atoms with Crippen LogP contribution in [0.25, 0.3) is 0 Å². The second kappa shape index (κ2) is 7.47. The Bertz CT molecular complexity index is 835. The van der Waals surface area contributed by atoms with E-state index in [2.05, 4.69) is 59.5 Å². The average Bonchev–Trinajstić information content (AvgIpc) is 2.64. The van der Waals surface area contributed by atoms with Gasteiger partial charge >= 0.3 is 0 Å². The third-order valence-corrected chi connectivity index (χ3v) is 5.01. The third kappa shape index (κ3) is 3.55. The standard InChI is InChI=1S/C22H24N2O/c1-17-8-4-5-9-19(17)10-11-21(24-25)22(13-6-3-7-14-22)20-12-15-23-18(2)16-20/h3-9,12-13,15-16,25H,10-11,14H2,1-2H3/b24-21+/t22-/m0/s1. The van der Waals surface area contributed by atoms with Crippen molar-refractivity contribution in [3.63, 3.8) is 0 Å². The van der Waals surface area contributed by atoms with Crippen LogP contribution in [-0.4, -0.2) is 15.9 Å². The molecule has 0 fully saturated rings. The Kier molecular flexibility index (Phi) is 5.13. The first kappa shape index (κ1) is 17.2. The highest BCUT2D eigenvalue weighted by Gasteiger charge is 2.35. The van der Waals surface area contributed by atoms with Crippen molar-refractivity contribution in [2.45, 2.75) is 38.5 Å². The predicted octanol–water partition coefficient (Wildman–Crippen LogP) is 4.92. The Morgan fingerprint density at radius 1 is 1.20 bits per heavy atom. The second-order valence-corrected chi connectivity index (χ2v) is 6.62. The Morgan fingerprint density at radius 3 is 2.72 bits per heavy atom. The maximum atomic E-state index is 9.84. The van der Waals surface area contributed by atoms with Crippen LogP contribution in [0.5, 0.6) is 0 Å². The van der Waals surface area contributed by atoms with Gasteiger partial charge in [0.15, 0.2) is 0 Å². The number of hydrogen-bond donors (Lipinski definition) is 1. The molecule has 3 rings (SSSR count). The van der Waals surface area contributed by atoms with E-state index in [0.717, 1.165) is 29.8 Å². The van der Waals surface area contributed by atoms with Crippen LogP contribution in [0.15, 0.2) is 72.1 Å². The van der Waals surface area contributed by atoms with E-state index in [-0.39, 0.29) is 0 Å². The molecule has 1 N–H and O–H groups in total. The molecule has 0 unspecified atom stereocenters. The van der Waals surface area contributed by atoms with Gasteiger partial charge < -0.3 is 5.21 Å². The molecule has 1 aromatic carbocycles. The molecule has 0 spiro atoms. The maximum absolute atomic E-state index is 9.84. The van der Waals surface area contributed by atoms with E-state index in [9.17, 15) is 5.21 Å². The minimum Gasteiger partial charge on any atom is -0.411 e. The number of pyridine rings is 1. The number of nitrogens with zero attached hydrogens (tertiary/aromatic N) is 2. The lowest BCUT2D eigenvalue weighted by Crippen LogP contribution is -2.35. The van der Waals surface area contributed by atoms with Crippen molar-refractivity contribution in [3.8, 4) is 0 Å². The summed E-state index contributed by atoms with van der Waals surface area (Å²) >= 11 is 0. The summed E-state index contributed by atoms with van der Waals surface area (Å²) < 4.78 is 0. The van der Waals surface area contributed by atoms with Crippen LogP contribution >= 0.6 is 0 Å². The van der Waals surface area contributed by atoms with E-state index >= 15 is 0 Å². The maximum Gasteiger partial charge on any atom is 0.0720 e. The minimum absolute atomic E-state index is 0.403. The number of aryl methyl sites for hydroxylation is 3. The van der Waals surface area contributed by atoms with Crippen molar-refractivity contribution >= 4 is 5.71 Å². The van der Waals surface area contributed by atoms with Crippen molar-refractivity contribution in [1.82, 2.24) is 4.98 Å². The van der Waals surface area contributed by atoms with Gasteiger partial charge in [0.05, 0.1) is 11.1 Å². The van der Waals surface area contributed by atoms with Gasteiger partial charge in [0.2, 0.25) is 0 Å².